The van der Waals surface area contributed by atoms with Crippen LogP contribution < -0.4 is 23.8 Å². The normalized spacial score (nSPS) is 13.3. The summed E-state index contributed by atoms with van der Waals surface area (Å²) in [5.74, 6) is 1.95. The number of hydrogen-bond donors (Lipinski definition) is 0. The van der Waals surface area contributed by atoms with Crippen molar-refractivity contribution in [2.24, 2.45) is 0 Å². The molecular weight excluding hydrogens is 190 g/mol. The van der Waals surface area contributed by atoms with Gasteiger partial charge in [0.25, 0.3) is 0 Å². The van der Waals surface area contributed by atoms with Crippen LogP contribution in [0.4, 0.5) is 4.79 Å². The summed E-state index contributed by atoms with van der Waals surface area (Å²) in [6, 6.07) is 0. The van der Waals surface area contributed by atoms with Gasteiger partial charge in [0.2, 0.25) is 7.60 Å². The minimum atomic E-state index is -4.52. The summed E-state index contributed by atoms with van der Waals surface area (Å²) >= 11 is 0. The van der Waals surface area contributed by atoms with E-state index in [1.807, 2.05) is 5.92 Å². The van der Waals surface area contributed by atoms with E-state index in [4.69, 9.17) is 6.42 Å². The van der Waals surface area contributed by atoms with Crippen LogP contribution in [0.1, 0.15) is 6.92 Å². The van der Waals surface area contributed by atoms with Crippen LogP contribution >= 0.6 is 7.60 Å². The summed E-state index contributed by atoms with van der Waals surface area (Å²) in [5.41, 5.74) is -1.43. The molecular formula is C6H8LiO5P. The minimum Gasteiger partial charge on any atom is -0.770 e. The summed E-state index contributed by atoms with van der Waals surface area (Å²) in [6.45, 7) is 0.961. The van der Waals surface area contributed by atoms with Gasteiger partial charge in [0, 0.05) is 0 Å². The van der Waals surface area contributed by atoms with E-state index in [-0.39, 0.29) is 32.1 Å². The molecule has 0 fully saturated rings. The van der Waals surface area contributed by atoms with Crippen molar-refractivity contribution < 1.29 is 42.4 Å². The third-order valence-electron chi connectivity index (χ3n) is 0.802. The van der Waals surface area contributed by atoms with Gasteiger partial charge in [0.05, 0.1) is 6.61 Å². The molecule has 13 heavy (non-hydrogen) atoms. The van der Waals surface area contributed by atoms with Gasteiger partial charge < -0.3 is 14.2 Å². The summed E-state index contributed by atoms with van der Waals surface area (Å²) < 4.78 is 19.0. The first-order chi connectivity index (χ1) is 5.54. The SMILES string of the molecule is C#CCOC(=O)P(=O)([O-])OCC.[Li+]. The predicted molar refractivity (Wildman–Crippen MR) is 39.4 cm³/mol. The molecule has 1 unspecified atom stereocenters. The molecule has 0 bridgehead atoms. The first kappa shape index (κ1) is 15.3. The van der Waals surface area contributed by atoms with Crippen molar-refractivity contribution in [3.8, 4) is 12.3 Å². The molecule has 5 nitrogen and oxygen atoms in total. The van der Waals surface area contributed by atoms with Gasteiger partial charge in [0.1, 0.15) is 0 Å². The fraction of sp³-hybridized carbons (Fsp3) is 0.500. The molecule has 0 aliphatic rings. The molecule has 0 amide bonds. The van der Waals surface area contributed by atoms with Crippen molar-refractivity contribution in [2.45, 2.75) is 6.92 Å². The molecule has 0 spiro atoms. The van der Waals surface area contributed by atoms with E-state index in [2.05, 4.69) is 9.26 Å². The number of ether oxygens (including phenoxy) is 1. The smallest absolute Gasteiger partial charge is 0.770 e. The zero-order valence-electron chi connectivity index (χ0n) is 7.48. The van der Waals surface area contributed by atoms with Gasteiger partial charge in [-0.15, -0.1) is 6.42 Å². The van der Waals surface area contributed by atoms with E-state index in [0.29, 0.717) is 0 Å². The van der Waals surface area contributed by atoms with E-state index in [1.165, 1.54) is 6.92 Å². The molecule has 1 atom stereocenters. The zero-order chi connectivity index (χ0) is 9.61. The van der Waals surface area contributed by atoms with Crippen molar-refractivity contribution in [3.05, 3.63) is 0 Å². The van der Waals surface area contributed by atoms with Crippen molar-refractivity contribution >= 4 is 13.3 Å². The van der Waals surface area contributed by atoms with E-state index in [1.54, 1.807) is 0 Å². The Morgan fingerprint density at radius 1 is 1.69 bits per heavy atom. The Balaban J connectivity index is 0. The molecule has 0 aromatic rings. The molecule has 68 valence electrons. The third-order valence-corrected chi connectivity index (χ3v) is 1.98. The number of carbonyl (C=O) groups is 1. The topological polar surface area (TPSA) is 75.7 Å². The van der Waals surface area contributed by atoms with Crippen LogP contribution in [0.25, 0.3) is 0 Å². The number of rotatable bonds is 4. The van der Waals surface area contributed by atoms with Gasteiger partial charge in [-0.3, -0.25) is 4.57 Å². The van der Waals surface area contributed by atoms with Crippen molar-refractivity contribution in [3.63, 3.8) is 0 Å². The van der Waals surface area contributed by atoms with Crippen LogP contribution in [0.15, 0.2) is 0 Å². The maximum atomic E-state index is 10.7. The van der Waals surface area contributed by atoms with Crippen LogP contribution in [-0.4, -0.2) is 18.9 Å². The summed E-state index contributed by atoms with van der Waals surface area (Å²) in [4.78, 5) is 21.3. The maximum absolute atomic E-state index is 10.7. The van der Waals surface area contributed by atoms with E-state index in [0.717, 1.165) is 0 Å². The minimum absolute atomic E-state index is 0. The molecule has 0 N–H and O–H groups in total. The maximum Gasteiger partial charge on any atom is 1.00 e. The standard InChI is InChI=1S/C6H9O5P.Li/c1-3-5-10-6(7)12(8,9)11-4-2;/h1H,4-5H2,2H3,(H,8,9);/q;+1/p-1. The van der Waals surface area contributed by atoms with E-state index < -0.39 is 13.3 Å². The number of carbonyl (C=O) groups excluding carboxylic acids is 1. The van der Waals surface area contributed by atoms with Crippen LogP contribution in [0.2, 0.25) is 0 Å². The molecule has 7 heteroatoms. The quantitative estimate of drug-likeness (QED) is 0.280. The third kappa shape index (κ3) is 5.93. The molecule has 0 saturated heterocycles. The Labute approximate surface area is 88.5 Å². The van der Waals surface area contributed by atoms with Gasteiger partial charge in [-0.25, -0.2) is 4.79 Å². The molecule has 0 saturated carbocycles. The Morgan fingerprint density at radius 2 is 2.23 bits per heavy atom. The van der Waals surface area contributed by atoms with Gasteiger partial charge >= 0.3 is 24.6 Å². The van der Waals surface area contributed by atoms with Crippen LogP contribution in [0.3, 0.4) is 0 Å². The van der Waals surface area contributed by atoms with Gasteiger partial charge in [-0.1, -0.05) is 5.92 Å². The molecule has 0 aliphatic heterocycles. The van der Waals surface area contributed by atoms with Crippen LogP contribution in [0, 0.1) is 12.3 Å². The molecule has 0 aromatic carbocycles. The van der Waals surface area contributed by atoms with Crippen LogP contribution in [0.5, 0.6) is 0 Å². The van der Waals surface area contributed by atoms with E-state index >= 15 is 0 Å². The average Bonchev–Trinajstić information content (AvgIpc) is 2.00. The number of hydrogen-bond acceptors (Lipinski definition) is 5. The predicted octanol–water partition coefficient (Wildman–Crippen LogP) is -2.65. The molecule has 0 aliphatic carbocycles. The van der Waals surface area contributed by atoms with Crippen molar-refractivity contribution in [1.29, 1.82) is 0 Å². The van der Waals surface area contributed by atoms with Crippen LogP contribution in [-0.2, 0) is 13.8 Å². The summed E-state index contributed by atoms with van der Waals surface area (Å²) in [5, 5.41) is 0. The first-order valence-electron chi connectivity index (χ1n) is 3.11. The number of terminal acetylenes is 1. The molecule has 0 aromatic heterocycles. The molecule has 0 radical (unpaired) electrons. The zero-order valence-corrected chi connectivity index (χ0v) is 8.37. The molecule has 0 rings (SSSR count). The second-order valence-electron chi connectivity index (χ2n) is 1.67. The fourth-order valence-electron chi connectivity index (χ4n) is 0.405. The Morgan fingerprint density at radius 3 is 2.62 bits per heavy atom. The fourth-order valence-corrected chi connectivity index (χ4v) is 1.07. The van der Waals surface area contributed by atoms with Gasteiger partial charge in [-0.05, 0) is 6.92 Å². The average molecular weight is 198 g/mol. The van der Waals surface area contributed by atoms with Crippen molar-refractivity contribution in [2.75, 3.05) is 13.2 Å². The summed E-state index contributed by atoms with van der Waals surface area (Å²) in [7, 11) is -4.52. The Bertz CT molecular complexity index is 246. The van der Waals surface area contributed by atoms with E-state index in [9.17, 15) is 14.3 Å². The van der Waals surface area contributed by atoms with Gasteiger partial charge in [-0.2, -0.15) is 0 Å². The van der Waals surface area contributed by atoms with Crippen molar-refractivity contribution in [1.82, 2.24) is 0 Å². The largest absolute Gasteiger partial charge is 1.00 e. The Kier molecular flexibility index (Phi) is 8.46. The van der Waals surface area contributed by atoms with Gasteiger partial charge in [0.15, 0.2) is 6.61 Å². The monoisotopic (exact) mass is 198 g/mol. The second-order valence-corrected chi connectivity index (χ2v) is 3.29. The molecule has 0 heterocycles. The summed E-state index contributed by atoms with van der Waals surface area (Å²) in [6.07, 6.45) is 4.73. The second kappa shape index (κ2) is 7.21. The Hall–Kier alpha value is -0.223. The first-order valence-corrected chi connectivity index (χ1v) is 4.65.